The topological polar surface area (TPSA) is 28.2 Å². The third kappa shape index (κ3) is 3.27. The third-order valence-electron chi connectivity index (χ3n) is 3.09. The van der Waals surface area contributed by atoms with E-state index in [-0.39, 0.29) is 0 Å². The summed E-state index contributed by atoms with van der Waals surface area (Å²) in [6.07, 6.45) is 6.35. The van der Waals surface area contributed by atoms with Crippen LogP contribution in [0.5, 0.6) is 0 Å². The van der Waals surface area contributed by atoms with Crippen LogP contribution in [0.15, 0.2) is 22.9 Å². The average molecular weight is 284 g/mol. The Kier molecular flexibility index (Phi) is 4.32. The number of likely N-dealkylation sites (N-methyl/N-ethyl adjacent to an activating group) is 1. The van der Waals surface area contributed by atoms with E-state index in [1.165, 1.54) is 24.9 Å². The molecule has 1 aliphatic rings. The Morgan fingerprint density at radius 2 is 2.44 bits per heavy atom. The smallest absolute Gasteiger partial charge is 0.0410 e. The number of rotatable bonds is 3. The number of nitrogens with zero attached hydrogens (tertiary/aromatic N) is 2. The van der Waals surface area contributed by atoms with E-state index in [4.69, 9.17) is 0 Å². The van der Waals surface area contributed by atoms with E-state index in [2.05, 4.69) is 44.2 Å². The van der Waals surface area contributed by atoms with Gasteiger partial charge in [0, 0.05) is 36.0 Å². The summed E-state index contributed by atoms with van der Waals surface area (Å²) in [6, 6.07) is 2.80. The fraction of sp³-hybridized carbons (Fsp3) is 0.583. The highest BCUT2D eigenvalue weighted by Crippen LogP contribution is 2.14. The molecule has 2 heterocycles. The minimum Gasteiger partial charge on any atom is -0.315 e. The molecule has 16 heavy (non-hydrogen) atoms. The van der Waals surface area contributed by atoms with E-state index in [1.807, 2.05) is 12.4 Å². The Balaban J connectivity index is 1.93. The van der Waals surface area contributed by atoms with E-state index in [1.54, 1.807) is 0 Å². The monoisotopic (exact) mass is 283 g/mol. The molecular formula is C12H18BrN3. The molecule has 0 bridgehead atoms. The molecular weight excluding hydrogens is 266 g/mol. The van der Waals surface area contributed by atoms with Crippen LogP contribution in [0.3, 0.4) is 0 Å². The predicted molar refractivity (Wildman–Crippen MR) is 69.3 cm³/mol. The largest absolute Gasteiger partial charge is 0.315 e. The second kappa shape index (κ2) is 5.75. The van der Waals surface area contributed by atoms with Crippen LogP contribution < -0.4 is 5.32 Å². The second-order valence-corrected chi connectivity index (χ2v) is 5.34. The van der Waals surface area contributed by atoms with Gasteiger partial charge >= 0.3 is 0 Å². The number of aromatic nitrogens is 1. The van der Waals surface area contributed by atoms with E-state index in [0.29, 0.717) is 6.04 Å². The summed E-state index contributed by atoms with van der Waals surface area (Å²) in [5.41, 5.74) is 1.27. The van der Waals surface area contributed by atoms with Crippen LogP contribution in [0.1, 0.15) is 18.4 Å². The van der Waals surface area contributed by atoms with Crippen LogP contribution in [0, 0.1) is 0 Å². The molecule has 2 rings (SSSR count). The van der Waals surface area contributed by atoms with Crippen molar-refractivity contribution in [2.45, 2.75) is 25.4 Å². The average Bonchev–Trinajstić information content (AvgIpc) is 2.30. The van der Waals surface area contributed by atoms with Gasteiger partial charge in [-0.3, -0.25) is 9.88 Å². The van der Waals surface area contributed by atoms with Crippen molar-refractivity contribution >= 4 is 15.9 Å². The van der Waals surface area contributed by atoms with Gasteiger partial charge in [0.15, 0.2) is 0 Å². The van der Waals surface area contributed by atoms with E-state index in [9.17, 15) is 0 Å². The molecule has 1 N–H and O–H groups in total. The van der Waals surface area contributed by atoms with Crippen LogP contribution in [-0.2, 0) is 6.54 Å². The number of hydrogen-bond donors (Lipinski definition) is 1. The van der Waals surface area contributed by atoms with Gasteiger partial charge in [0.2, 0.25) is 0 Å². The molecule has 1 aliphatic heterocycles. The van der Waals surface area contributed by atoms with Crippen molar-refractivity contribution in [1.29, 1.82) is 0 Å². The van der Waals surface area contributed by atoms with E-state index < -0.39 is 0 Å². The summed E-state index contributed by atoms with van der Waals surface area (Å²) in [7, 11) is 2.19. The molecule has 88 valence electrons. The number of hydrogen-bond acceptors (Lipinski definition) is 3. The van der Waals surface area contributed by atoms with Crippen molar-refractivity contribution in [2.75, 3.05) is 20.1 Å². The maximum atomic E-state index is 4.19. The molecule has 0 saturated carbocycles. The summed E-state index contributed by atoms with van der Waals surface area (Å²) in [4.78, 5) is 6.61. The van der Waals surface area contributed by atoms with Crippen LogP contribution in [0.4, 0.5) is 0 Å². The van der Waals surface area contributed by atoms with Gasteiger partial charge in [-0.05, 0) is 54.0 Å². The maximum absolute atomic E-state index is 4.19. The van der Waals surface area contributed by atoms with Crippen molar-refractivity contribution in [2.24, 2.45) is 0 Å². The first kappa shape index (κ1) is 12.0. The summed E-state index contributed by atoms with van der Waals surface area (Å²) in [5.74, 6) is 0. The number of pyridine rings is 1. The zero-order chi connectivity index (χ0) is 11.4. The zero-order valence-electron chi connectivity index (χ0n) is 9.62. The van der Waals surface area contributed by atoms with Crippen LogP contribution >= 0.6 is 15.9 Å². The first-order valence-electron chi connectivity index (χ1n) is 5.76. The molecule has 3 nitrogen and oxygen atoms in total. The summed E-state index contributed by atoms with van der Waals surface area (Å²) < 4.78 is 1.06. The quantitative estimate of drug-likeness (QED) is 0.920. The lowest BCUT2D eigenvalue weighted by molar-refractivity contribution is 0.195. The van der Waals surface area contributed by atoms with E-state index >= 15 is 0 Å². The summed E-state index contributed by atoms with van der Waals surface area (Å²) in [5, 5.41) is 3.45. The van der Waals surface area contributed by atoms with Gasteiger partial charge in [-0.15, -0.1) is 0 Å². The van der Waals surface area contributed by atoms with Crippen molar-refractivity contribution in [3.63, 3.8) is 0 Å². The van der Waals surface area contributed by atoms with Crippen LogP contribution in [-0.4, -0.2) is 36.1 Å². The Hall–Kier alpha value is -0.450. The first-order chi connectivity index (χ1) is 7.75. The third-order valence-corrected chi connectivity index (χ3v) is 3.52. The molecule has 1 aromatic rings. The molecule has 0 radical (unpaired) electrons. The number of nitrogens with one attached hydrogen (secondary N) is 1. The lowest BCUT2D eigenvalue weighted by Crippen LogP contribution is -2.43. The highest BCUT2D eigenvalue weighted by atomic mass is 79.9. The molecule has 1 fully saturated rings. The van der Waals surface area contributed by atoms with Gasteiger partial charge in [-0.25, -0.2) is 0 Å². The molecule has 0 aromatic carbocycles. The van der Waals surface area contributed by atoms with Gasteiger partial charge in [0.1, 0.15) is 0 Å². The van der Waals surface area contributed by atoms with Gasteiger partial charge in [-0.2, -0.15) is 0 Å². The molecule has 1 atom stereocenters. The molecule has 0 amide bonds. The Bertz CT molecular complexity index is 337. The lowest BCUT2D eigenvalue weighted by atomic mass is 10.1. The standard InChI is InChI=1S/C12H18BrN3/c1-16(12-3-2-4-14-8-12)9-10-5-11(13)7-15-6-10/h5-7,12,14H,2-4,8-9H2,1H3. The molecule has 0 spiro atoms. The van der Waals surface area contributed by atoms with E-state index in [0.717, 1.165) is 17.6 Å². The maximum Gasteiger partial charge on any atom is 0.0410 e. The highest BCUT2D eigenvalue weighted by Gasteiger charge is 2.17. The Morgan fingerprint density at radius 1 is 1.56 bits per heavy atom. The number of piperidine rings is 1. The fourth-order valence-electron chi connectivity index (χ4n) is 2.17. The summed E-state index contributed by atoms with van der Waals surface area (Å²) in [6.45, 7) is 3.25. The Morgan fingerprint density at radius 3 is 3.12 bits per heavy atom. The minimum absolute atomic E-state index is 0.660. The minimum atomic E-state index is 0.660. The molecule has 0 aliphatic carbocycles. The second-order valence-electron chi connectivity index (χ2n) is 4.43. The van der Waals surface area contributed by atoms with Crippen LogP contribution in [0.25, 0.3) is 0 Å². The van der Waals surface area contributed by atoms with Crippen LogP contribution in [0.2, 0.25) is 0 Å². The predicted octanol–water partition coefficient (Wildman–Crippen LogP) is 2.03. The van der Waals surface area contributed by atoms with Crippen molar-refractivity contribution in [1.82, 2.24) is 15.2 Å². The number of halogens is 1. The van der Waals surface area contributed by atoms with Gasteiger partial charge in [-0.1, -0.05) is 0 Å². The fourth-order valence-corrected chi connectivity index (χ4v) is 2.58. The SMILES string of the molecule is CN(Cc1cncc(Br)c1)C1CCCNC1. The van der Waals surface area contributed by atoms with Crippen molar-refractivity contribution < 1.29 is 0 Å². The molecule has 1 saturated heterocycles. The van der Waals surface area contributed by atoms with Crippen molar-refractivity contribution in [3.8, 4) is 0 Å². The lowest BCUT2D eigenvalue weighted by Gasteiger charge is -2.31. The van der Waals surface area contributed by atoms with Gasteiger partial charge in [0.05, 0.1) is 0 Å². The first-order valence-corrected chi connectivity index (χ1v) is 6.55. The normalized spacial score (nSPS) is 21.3. The highest BCUT2D eigenvalue weighted by molar-refractivity contribution is 9.10. The van der Waals surface area contributed by atoms with Gasteiger partial charge < -0.3 is 5.32 Å². The molecule has 4 heteroatoms. The Labute approximate surface area is 105 Å². The molecule has 1 unspecified atom stereocenters. The zero-order valence-corrected chi connectivity index (χ0v) is 11.2. The molecule has 1 aromatic heterocycles. The van der Waals surface area contributed by atoms with Gasteiger partial charge in [0.25, 0.3) is 0 Å². The van der Waals surface area contributed by atoms with Crippen molar-refractivity contribution in [3.05, 3.63) is 28.5 Å². The summed E-state index contributed by atoms with van der Waals surface area (Å²) >= 11 is 3.45.